The number of anilines is 1. The van der Waals surface area contributed by atoms with Gasteiger partial charge in [0, 0.05) is 11.4 Å². The van der Waals surface area contributed by atoms with E-state index in [1.54, 1.807) is 18.2 Å². The van der Waals surface area contributed by atoms with Gasteiger partial charge >= 0.3 is 5.97 Å². The summed E-state index contributed by atoms with van der Waals surface area (Å²) in [7, 11) is 0. The summed E-state index contributed by atoms with van der Waals surface area (Å²) in [5.41, 5.74) is 11.7. The van der Waals surface area contributed by atoms with Crippen LogP contribution in [0.3, 0.4) is 0 Å². The zero-order valence-corrected chi connectivity index (χ0v) is 16.5. The molecule has 0 fully saturated rings. The maximum absolute atomic E-state index is 11.1. The highest BCUT2D eigenvalue weighted by Crippen LogP contribution is 2.25. The minimum atomic E-state index is -0.905. The second-order valence-electron chi connectivity index (χ2n) is 7.22. The van der Waals surface area contributed by atoms with Gasteiger partial charge in [0.2, 0.25) is 0 Å². The molecular weight excluding hydrogens is 374 g/mol. The Balaban J connectivity index is 1.62. The lowest BCUT2D eigenvalue weighted by molar-refractivity contribution is 0.0697. The first-order valence-electron chi connectivity index (χ1n) is 9.87. The first-order chi connectivity index (χ1) is 14.6. The summed E-state index contributed by atoms with van der Waals surface area (Å²) in [6.45, 7) is 0.634. The van der Waals surface area contributed by atoms with E-state index >= 15 is 0 Å². The Morgan fingerprint density at radius 2 is 1.63 bits per heavy atom. The van der Waals surface area contributed by atoms with Crippen LogP contribution in [0.4, 0.5) is 5.82 Å². The molecule has 2 aromatic carbocycles. The fourth-order valence-corrected chi connectivity index (χ4v) is 3.61. The molecule has 0 bridgehead atoms. The van der Waals surface area contributed by atoms with Crippen LogP contribution < -0.4 is 5.73 Å². The molecule has 4 rings (SSSR count). The number of benzene rings is 2. The number of hydrogen-bond donors (Lipinski definition) is 2. The lowest BCUT2D eigenvalue weighted by Gasteiger charge is -2.14. The Bertz CT molecular complexity index is 1150. The topological polar surface area (TPSA) is 81.1 Å². The van der Waals surface area contributed by atoms with Crippen molar-refractivity contribution in [3.05, 3.63) is 107 Å². The molecule has 0 aliphatic carbocycles. The van der Waals surface area contributed by atoms with E-state index in [0.29, 0.717) is 17.9 Å². The molecule has 0 unspecified atom stereocenters. The van der Waals surface area contributed by atoms with Gasteiger partial charge < -0.3 is 15.4 Å². The number of aromatic nitrogens is 2. The van der Waals surface area contributed by atoms with E-state index in [1.807, 2.05) is 42.5 Å². The predicted molar refractivity (Wildman–Crippen MR) is 118 cm³/mol. The minimum absolute atomic E-state index is 0.307. The summed E-state index contributed by atoms with van der Waals surface area (Å²) >= 11 is 0. The van der Waals surface area contributed by atoms with Gasteiger partial charge in [-0.05, 0) is 60.4 Å². The third kappa shape index (κ3) is 4.41. The average molecular weight is 397 g/mol. The lowest BCUT2D eigenvalue weighted by Crippen LogP contribution is -2.09. The van der Waals surface area contributed by atoms with Gasteiger partial charge in [-0.15, -0.1) is 0 Å². The smallest absolute Gasteiger partial charge is 0.335 e. The fraction of sp³-hybridized carbons (Fsp3) is 0.120. The van der Waals surface area contributed by atoms with Crippen LogP contribution in [0.5, 0.6) is 0 Å². The Morgan fingerprint density at radius 1 is 0.867 bits per heavy atom. The molecule has 0 aliphatic rings. The number of carbonyl (C=O) groups is 1. The van der Waals surface area contributed by atoms with Crippen LogP contribution in [0, 0.1) is 0 Å². The molecule has 2 aromatic heterocycles. The molecule has 0 radical (unpaired) electrons. The van der Waals surface area contributed by atoms with Crippen molar-refractivity contribution < 1.29 is 9.90 Å². The normalized spacial score (nSPS) is 10.8. The van der Waals surface area contributed by atoms with E-state index in [2.05, 4.69) is 33.8 Å². The minimum Gasteiger partial charge on any atom is -0.478 e. The van der Waals surface area contributed by atoms with Crippen LogP contribution in [-0.2, 0) is 19.4 Å². The third-order valence-corrected chi connectivity index (χ3v) is 5.16. The van der Waals surface area contributed by atoms with Crippen molar-refractivity contribution in [3.63, 3.8) is 0 Å². The van der Waals surface area contributed by atoms with E-state index in [4.69, 9.17) is 10.8 Å². The van der Waals surface area contributed by atoms with E-state index in [0.717, 1.165) is 35.4 Å². The molecule has 5 nitrogen and oxygen atoms in total. The highest BCUT2D eigenvalue weighted by Gasteiger charge is 2.12. The van der Waals surface area contributed by atoms with Gasteiger partial charge in [-0.1, -0.05) is 48.5 Å². The molecule has 3 N–H and O–H groups in total. The van der Waals surface area contributed by atoms with Crippen LogP contribution in [-0.4, -0.2) is 20.6 Å². The molecule has 0 amide bonds. The van der Waals surface area contributed by atoms with Crippen LogP contribution in [0.2, 0.25) is 0 Å². The van der Waals surface area contributed by atoms with Crippen molar-refractivity contribution in [3.8, 4) is 11.3 Å². The van der Waals surface area contributed by atoms with Gasteiger partial charge in [-0.2, -0.15) is 0 Å². The number of aryl methyl sites for hydroxylation is 2. The van der Waals surface area contributed by atoms with Gasteiger partial charge in [-0.25, -0.2) is 9.78 Å². The Labute approximate surface area is 175 Å². The summed E-state index contributed by atoms with van der Waals surface area (Å²) in [4.78, 5) is 15.5. The van der Waals surface area contributed by atoms with Crippen molar-refractivity contribution >= 4 is 11.8 Å². The standard InChI is InChI=1S/C25H23N3O2/c26-24-8-4-7-21(27-24)17-28-22(15-16-23(28)19-5-2-1-3-6-19)14-11-18-9-12-20(13-10-18)25(29)30/h1-10,12-13,15-16H,11,14,17H2,(H2,26,27)(H,29,30). The largest absolute Gasteiger partial charge is 0.478 e. The van der Waals surface area contributed by atoms with Crippen molar-refractivity contribution in [2.75, 3.05) is 5.73 Å². The number of hydrogen-bond acceptors (Lipinski definition) is 3. The van der Waals surface area contributed by atoms with E-state index in [9.17, 15) is 4.79 Å². The van der Waals surface area contributed by atoms with Gasteiger partial charge in [0.1, 0.15) is 5.82 Å². The number of rotatable bonds is 7. The Kier molecular flexibility index (Phi) is 5.61. The molecule has 0 saturated heterocycles. The van der Waals surface area contributed by atoms with Crippen molar-refractivity contribution in [1.29, 1.82) is 0 Å². The molecular formula is C25H23N3O2. The summed E-state index contributed by atoms with van der Waals surface area (Å²) in [5, 5.41) is 9.07. The molecule has 150 valence electrons. The van der Waals surface area contributed by atoms with E-state index in [1.165, 1.54) is 5.69 Å². The Hall–Kier alpha value is -3.86. The molecule has 4 aromatic rings. The predicted octanol–water partition coefficient (Wildman–Crippen LogP) is 4.66. The number of carboxylic acids is 1. The molecule has 0 aliphatic heterocycles. The number of nitrogens with two attached hydrogens (primary N) is 1. The van der Waals surface area contributed by atoms with Crippen molar-refractivity contribution in [2.45, 2.75) is 19.4 Å². The maximum atomic E-state index is 11.1. The van der Waals surface area contributed by atoms with Crippen LogP contribution >= 0.6 is 0 Å². The van der Waals surface area contributed by atoms with Crippen molar-refractivity contribution in [2.24, 2.45) is 0 Å². The summed E-state index contributed by atoms with van der Waals surface area (Å²) < 4.78 is 2.28. The maximum Gasteiger partial charge on any atom is 0.335 e. The number of nitrogen functional groups attached to an aromatic ring is 1. The summed E-state index contributed by atoms with van der Waals surface area (Å²) in [6, 6.07) is 27.4. The van der Waals surface area contributed by atoms with Crippen LogP contribution in [0.1, 0.15) is 27.3 Å². The Morgan fingerprint density at radius 3 is 2.33 bits per heavy atom. The molecule has 0 spiro atoms. The van der Waals surface area contributed by atoms with Crippen LogP contribution in [0.25, 0.3) is 11.3 Å². The molecule has 30 heavy (non-hydrogen) atoms. The zero-order chi connectivity index (χ0) is 20.9. The van der Waals surface area contributed by atoms with Crippen LogP contribution in [0.15, 0.2) is 84.9 Å². The molecule has 2 heterocycles. The van der Waals surface area contributed by atoms with Gasteiger partial charge in [-0.3, -0.25) is 0 Å². The quantitative estimate of drug-likeness (QED) is 0.475. The second-order valence-corrected chi connectivity index (χ2v) is 7.22. The second kappa shape index (κ2) is 8.66. The number of carboxylic acid groups (broad SMARTS) is 1. The molecule has 0 atom stereocenters. The highest BCUT2D eigenvalue weighted by molar-refractivity contribution is 5.87. The fourth-order valence-electron chi connectivity index (χ4n) is 3.61. The number of pyridine rings is 1. The molecule has 0 saturated carbocycles. The summed E-state index contributed by atoms with van der Waals surface area (Å²) in [5.74, 6) is -0.390. The third-order valence-electron chi connectivity index (χ3n) is 5.16. The first kappa shape index (κ1) is 19.5. The average Bonchev–Trinajstić information content (AvgIpc) is 3.15. The van der Waals surface area contributed by atoms with E-state index < -0.39 is 5.97 Å². The van der Waals surface area contributed by atoms with E-state index in [-0.39, 0.29) is 0 Å². The highest BCUT2D eigenvalue weighted by atomic mass is 16.4. The lowest BCUT2D eigenvalue weighted by atomic mass is 10.1. The number of nitrogens with zero attached hydrogens (tertiary/aromatic N) is 2. The van der Waals surface area contributed by atoms with Gasteiger partial charge in [0.25, 0.3) is 0 Å². The van der Waals surface area contributed by atoms with Gasteiger partial charge in [0.05, 0.1) is 17.8 Å². The summed E-state index contributed by atoms with van der Waals surface area (Å²) in [6.07, 6.45) is 1.66. The zero-order valence-electron chi connectivity index (χ0n) is 16.5. The molecule has 5 heteroatoms. The van der Waals surface area contributed by atoms with Gasteiger partial charge in [0.15, 0.2) is 0 Å². The SMILES string of the molecule is Nc1cccc(Cn2c(CCc3ccc(C(=O)O)cc3)ccc2-c2ccccc2)n1. The van der Waals surface area contributed by atoms with Crippen molar-refractivity contribution in [1.82, 2.24) is 9.55 Å². The first-order valence-corrected chi connectivity index (χ1v) is 9.87. The number of aromatic carboxylic acids is 1. The monoisotopic (exact) mass is 397 g/mol.